The molecule has 0 saturated carbocycles. The van der Waals surface area contributed by atoms with Crippen molar-refractivity contribution in [3.8, 4) is 12.1 Å². The number of halogens is 4. The van der Waals surface area contributed by atoms with Gasteiger partial charge in [0.15, 0.2) is 5.69 Å². The smallest absolute Gasteiger partial charge is 0.434 e. The van der Waals surface area contributed by atoms with Gasteiger partial charge in [-0.2, -0.15) is 28.4 Å². The van der Waals surface area contributed by atoms with Crippen molar-refractivity contribution in [2.75, 3.05) is 56.2 Å². The van der Waals surface area contributed by atoms with Crippen molar-refractivity contribution in [1.29, 1.82) is 5.26 Å². The summed E-state index contributed by atoms with van der Waals surface area (Å²) in [6, 6.07) is 14.3. The lowest BCUT2D eigenvalue weighted by Gasteiger charge is -2.42. The van der Waals surface area contributed by atoms with Gasteiger partial charge in [0.2, 0.25) is 5.91 Å². The molecule has 4 aromatic rings. The first-order valence-corrected chi connectivity index (χ1v) is 17.3. The Morgan fingerprint density at radius 1 is 1.10 bits per heavy atom. The standard InChI is InChI=1S/C36H37ClF3N9O2/c1-45-14-4-7-26(45)22-51-35-43-29-20-47(30-9-3-6-24-5-2-8-28(37)33(24)30)16-11-27(29)34(44-35)48-17-18-49(25(19-48)10-13-41)32(50)12-15-46-21-31(42-23-46)36(38,39)40/h2-3,5-6,8-9,12,15,21,23,25-26H,4,7,10-11,14,16-20,22H2,1H3/b15-12+/t25-,26-/m0/s1. The second-order valence-electron chi connectivity index (χ2n) is 13.1. The van der Waals surface area contributed by atoms with E-state index in [0.29, 0.717) is 50.2 Å². The maximum atomic E-state index is 13.3. The van der Waals surface area contributed by atoms with E-state index >= 15 is 0 Å². The van der Waals surface area contributed by atoms with E-state index in [2.05, 4.69) is 38.9 Å². The molecule has 2 fully saturated rings. The number of hydrogen-bond donors (Lipinski definition) is 0. The number of amides is 1. The number of piperazine rings is 1. The zero-order valence-corrected chi connectivity index (χ0v) is 28.8. The Labute approximate surface area is 298 Å². The minimum Gasteiger partial charge on any atom is -0.462 e. The Bertz CT molecular complexity index is 1990. The summed E-state index contributed by atoms with van der Waals surface area (Å²) in [6.45, 7) is 3.76. The highest BCUT2D eigenvalue weighted by Gasteiger charge is 2.35. The van der Waals surface area contributed by atoms with E-state index in [0.717, 1.165) is 70.0 Å². The lowest BCUT2D eigenvalue weighted by molar-refractivity contribution is -0.140. The van der Waals surface area contributed by atoms with Crippen molar-refractivity contribution < 1.29 is 22.7 Å². The van der Waals surface area contributed by atoms with Gasteiger partial charge in [0.1, 0.15) is 12.4 Å². The monoisotopic (exact) mass is 719 g/mol. The number of benzene rings is 2. The van der Waals surface area contributed by atoms with Crippen molar-refractivity contribution >= 4 is 46.0 Å². The molecule has 0 aliphatic carbocycles. The second-order valence-corrected chi connectivity index (χ2v) is 13.5. The number of aromatic nitrogens is 4. The molecule has 2 saturated heterocycles. The van der Waals surface area contributed by atoms with Gasteiger partial charge in [0.25, 0.3) is 0 Å². The molecule has 0 N–H and O–H groups in total. The van der Waals surface area contributed by atoms with Gasteiger partial charge in [-0.25, -0.2) is 4.98 Å². The van der Waals surface area contributed by atoms with E-state index in [-0.39, 0.29) is 19.0 Å². The number of likely N-dealkylation sites (tertiary alicyclic amines) is 1. The number of likely N-dealkylation sites (N-methyl/N-ethyl adjacent to an activating group) is 1. The lowest BCUT2D eigenvalue weighted by atomic mass is 10.0. The van der Waals surface area contributed by atoms with Crippen LogP contribution in [0.5, 0.6) is 6.01 Å². The van der Waals surface area contributed by atoms with Crippen molar-refractivity contribution in [1.82, 2.24) is 29.3 Å². The van der Waals surface area contributed by atoms with Crippen molar-refractivity contribution in [2.45, 2.75) is 50.5 Å². The van der Waals surface area contributed by atoms with E-state index < -0.39 is 23.8 Å². The van der Waals surface area contributed by atoms with Gasteiger partial charge in [-0.1, -0.05) is 35.9 Å². The van der Waals surface area contributed by atoms with Crippen molar-refractivity contribution in [3.05, 3.63) is 77.0 Å². The molecule has 0 bridgehead atoms. The molecule has 0 unspecified atom stereocenters. The van der Waals surface area contributed by atoms with Crippen LogP contribution in [-0.4, -0.2) is 93.7 Å². The van der Waals surface area contributed by atoms with Crippen LogP contribution in [0, 0.1) is 11.3 Å². The van der Waals surface area contributed by atoms with E-state index in [9.17, 15) is 23.2 Å². The molecule has 3 aliphatic rings. The maximum absolute atomic E-state index is 13.3. The van der Waals surface area contributed by atoms with Crippen LogP contribution in [0.15, 0.2) is 55.0 Å². The van der Waals surface area contributed by atoms with E-state index in [1.165, 1.54) is 12.3 Å². The van der Waals surface area contributed by atoms with Crippen LogP contribution >= 0.6 is 11.6 Å². The maximum Gasteiger partial charge on any atom is 0.434 e. The van der Waals surface area contributed by atoms with Crippen LogP contribution in [0.25, 0.3) is 17.0 Å². The zero-order valence-electron chi connectivity index (χ0n) is 28.1. The first-order chi connectivity index (χ1) is 24.6. The minimum atomic E-state index is -4.59. The molecule has 2 atom stereocenters. The average Bonchev–Trinajstić information content (AvgIpc) is 3.78. The van der Waals surface area contributed by atoms with Gasteiger partial charge < -0.3 is 28.9 Å². The normalized spacial score (nSPS) is 19.9. The summed E-state index contributed by atoms with van der Waals surface area (Å²) in [5, 5.41) is 12.4. The number of imidazole rings is 1. The number of nitriles is 1. The molecule has 1 amide bonds. The van der Waals surface area contributed by atoms with Gasteiger partial charge in [-0.05, 0) is 50.4 Å². The fourth-order valence-corrected chi connectivity index (χ4v) is 7.53. The summed E-state index contributed by atoms with van der Waals surface area (Å²) in [7, 11) is 2.09. The average molecular weight is 720 g/mol. The number of ether oxygens (including phenoxy) is 1. The molecule has 0 radical (unpaired) electrons. The summed E-state index contributed by atoms with van der Waals surface area (Å²) in [5.74, 6) is 0.324. The van der Waals surface area contributed by atoms with Gasteiger partial charge in [0, 0.05) is 67.3 Å². The molecular formula is C36H37ClF3N9O2. The number of nitrogens with zero attached hydrogens (tertiary/aromatic N) is 9. The lowest BCUT2D eigenvalue weighted by Crippen LogP contribution is -2.55. The van der Waals surface area contributed by atoms with Crippen molar-refractivity contribution in [2.24, 2.45) is 0 Å². The molecule has 0 spiro atoms. The quantitative estimate of drug-likeness (QED) is 0.214. The van der Waals surface area contributed by atoms with Gasteiger partial charge >= 0.3 is 12.2 Å². The van der Waals surface area contributed by atoms with E-state index in [4.69, 9.17) is 26.3 Å². The molecule has 2 aromatic heterocycles. The fourth-order valence-electron chi connectivity index (χ4n) is 7.25. The topological polar surface area (TPSA) is 107 Å². The Hall–Kier alpha value is -4.87. The summed E-state index contributed by atoms with van der Waals surface area (Å²) in [4.78, 5) is 34.8. The number of rotatable bonds is 8. The number of alkyl halides is 3. The highest BCUT2D eigenvalue weighted by Crippen LogP contribution is 2.37. The predicted octanol–water partition coefficient (Wildman–Crippen LogP) is 5.64. The van der Waals surface area contributed by atoms with E-state index in [1.807, 2.05) is 30.3 Å². The zero-order chi connectivity index (χ0) is 35.7. The Morgan fingerprint density at radius 2 is 1.92 bits per heavy atom. The minimum absolute atomic E-state index is 0.0691. The largest absolute Gasteiger partial charge is 0.462 e. The third-order valence-corrected chi connectivity index (χ3v) is 10.3. The molecule has 51 heavy (non-hydrogen) atoms. The molecule has 266 valence electrons. The first-order valence-electron chi connectivity index (χ1n) is 17.0. The Morgan fingerprint density at radius 3 is 2.67 bits per heavy atom. The van der Waals surface area contributed by atoms with Crippen LogP contribution in [0.3, 0.4) is 0 Å². The molecule has 11 nitrogen and oxygen atoms in total. The summed E-state index contributed by atoms with van der Waals surface area (Å²) in [5.41, 5.74) is 1.82. The van der Waals surface area contributed by atoms with Crippen LogP contribution in [0.2, 0.25) is 5.02 Å². The van der Waals surface area contributed by atoms with E-state index in [1.54, 1.807) is 4.90 Å². The van der Waals surface area contributed by atoms with Crippen LogP contribution < -0.4 is 14.5 Å². The Kier molecular flexibility index (Phi) is 9.76. The molecular weight excluding hydrogens is 683 g/mol. The highest BCUT2D eigenvalue weighted by molar-refractivity contribution is 6.36. The molecule has 5 heterocycles. The van der Waals surface area contributed by atoms with Gasteiger partial charge in [-0.3, -0.25) is 4.79 Å². The summed E-state index contributed by atoms with van der Waals surface area (Å²) < 4.78 is 46.4. The summed E-state index contributed by atoms with van der Waals surface area (Å²) in [6.07, 6.45) is 2.54. The number of carbonyl (C=O) groups is 1. The van der Waals surface area contributed by atoms with Gasteiger partial charge in [0.05, 0.1) is 42.1 Å². The number of hydrogen-bond acceptors (Lipinski definition) is 9. The molecule has 2 aromatic carbocycles. The van der Waals surface area contributed by atoms with Crippen molar-refractivity contribution in [3.63, 3.8) is 0 Å². The number of anilines is 2. The molecule has 3 aliphatic heterocycles. The number of fused-ring (bicyclic) bond motifs is 2. The first kappa shape index (κ1) is 34.6. The Balaban J connectivity index is 1.15. The predicted molar refractivity (Wildman–Crippen MR) is 187 cm³/mol. The molecule has 15 heteroatoms. The molecule has 7 rings (SSSR count). The number of carbonyl (C=O) groups excluding carboxylic acids is 1. The second kappa shape index (κ2) is 14.4. The van der Waals surface area contributed by atoms with Crippen LogP contribution in [0.1, 0.15) is 36.2 Å². The third-order valence-electron chi connectivity index (χ3n) is 9.95. The van der Waals surface area contributed by atoms with Crippen LogP contribution in [-0.2, 0) is 23.9 Å². The fraction of sp³-hybridized carbons (Fsp3) is 0.417. The SMILES string of the molecule is CN1CCC[C@H]1COc1nc2c(c(N3CCN(C(=O)/C=C/n4cnc(C(F)(F)F)c4)[C@@H](CC#N)C3)n1)CCN(c1cccc3cccc(Cl)c13)C2. The highest BCUT2D eigenvalue weighted by atomic mass is 35.5. The third kappa shape index (κ3) is 7.31. The summed E-state index contributed by atoms with van der Waals surface area (Å²) >= 11 is 6.71. The van der Waals surface area contributed by atoms with Crippen LogP contribution in [0.4, 0.5) is 24.7 Å². The van der Waals surface area contributed by atoms with Gasteiger partial charge in [-0.15, -0.1) is 0 Å².